The molecule has 1 aromatic carbocycles. The van der Waals surface area contributed by atoms with Gasteiger partial charge in [0.2, 0.25) is 17.7 Å². The number of carbonyl (C=O) groups is 1. The molecule has 0 unspecified atom stereocenters. The average Bonchev–Trinajstić information content (AvgIpc) is 3.43. The van der Waals surface area contributed by atoms with Crippen molar-refractivity contribution in [1.82, 2.24) is 29.0 Å². The van der Waals surface area contributed by atoms with Crippen LogP contribution in [0.3, 0.4) is 0 Å². The van der Waals surface area contributed by atoms with Crippen molar-refractivity contribution in [3.63, 3.8) is 0 Å². The molecular weight excluding hydrogens is 501 g/mol. The number of benzene rings is 1. The second-order valence-corrected chi connectivity index (χ2v) is 8.41. The number of piperidine rings is 1. The number of aromatic nitrogens is 5. The molecule has 196 valence electrons. The summed E-state index contributed by atoms with van der Waals surface area (Å²) in [5.41, 5.74) is -1.27. The van der Waals surface area contributed by atoms with Crippen LogP contribution in [0.4, 0.5) is 27.9 Å². The Morgan fingerprint density at radius 2 is 2.16 bits per heavy atom. The van der Waals surface area contributed by atoms with Crippen LogP contribution in [-0.4, -0.2) is 73.7 Å². The molecule has 0 spiro atoms. The molecule has 5 rings (SSSR count). The predicted octanol–water partition coefficient (Wildman–Crippen LogP) is 3.67. The van der Waals surface area contributed by atoms with Gasteiger partial charge >= 0.3 is 0 Å². The summed E-state index contributed by atoms with van der Waals surface area (Å²) in [6.07, 6.45) is -2.84. The zero-order chi connectivity index (χ0) is 31.4. The molecule has 0 radical (unpaired) electrons. The van der Waals surface area contributed by atoms with Gasteiger partial charge in [-0.05, 0) is 24.1 Å². The molecule has 2 atom stereocenters. The third kappa shape index (κ3) is 4.51. The van der Waals surface area contributed by atoms with E-state index in [1.807, 2.05) is 0 Å². The Hall–Kier alpha value is -3.97. The van der Waals surface area contributed by atoms with Gasteiger partial charge in [-0.15, -0.1) is 5.10 Å². The summed E-state index contributed by atoms with van der Waals surface area (Å²) in [4.78, 5) is 20.7. The van der Waals surface area contributed by atoms with Gasteiger partial charge in [-0.25, -0.2) is 31.5 Å². The van der Waals surface area contributed by atoms with Crippen LogP contribution in [0.1, 0.15) is 21.5 Å². The van der Waals surface area contributed by atoms with E-state index in [9.17, 15) is 22.4 Å². The van der Waals surface area contributed by atoms with Crippen molar-refractivity contribution in [1.29, 1.82) is 0 Å². The van der Waals surface area contributed by atoms with Gasteiger partial charge in [0, 0.05) is 17.5 Å². The molecule has 14 heteroatoms. The number of likely N-dealkylation sites (tertiary alicyclic amines) is 1. The number of carbonyl (C=O) groups excluding carboxylic acids is 1. The van der Waals surface area contributed by atoms with Gasteiger partial charge in [0.25, 0.3) is 6.43 Å². The largest absolute Gasteiger partial charge is 0.479 e. The van der Waals surface area contributed by atoms with Gasteiger partial charge in [0.15, 0.2) is 11.6 Å². The van der Waals surface area contributed by atoms with E-state index in [4.69, 9.17) is 13.0 Å². The molecule has 4 aromatic rings. The number of anilines is 1. The van der Waals surface area contributed by atoms with Gasteiger partial charge < -0.3 is 19.5 Å². The minimum Gasteiger partial charge on any atom is -0.479 e. The Kier molecular flexibility index (Phi) is 4.69. The number of imidazole rings is 1. The first-order valence-corrected chi connectivity index (χ1v) is 10.9. The van der Waals surface area contributed by atoms with Crippen molar-refractivity contribution >= 4 is 28.4 Å². The quantitative estimate of drug-likeness (QED) is 0.384. The fraction of sp³-hybridized carbons (Fsp3) is 0.391. The van der Waals surface area contributed by atoms with Gasteiger partial charge in [-0.3, -0.25) is 4.79 Å². The third-order valence-electron chi connectivity index (χ3n) is 6.09. The molecule has 0 bridgehead atoms. The third-order valence-corrected chi connectivity index (χ3v) is 6.09. The molecular formula is C23H22F5N7O2. The van der Waals surface area contributed by atoms with Crippen LogP contribution in [0.25, 0.3) is 27.7 Å². The summed E-state index contributed by atoms with van der Waals surface area (Å²) in [5.74, 6) is -4.28. The topological polar surface area (TPSA) is 89.6 Å². The molecule has 1 aliphatic rings. The number of fused-ring (bicyclic) bond motifs is 2. The molecule has 0 aliphatic carbocycles. The molecule has 9 nitrogen and oxygen atoms in total. The zero-order valence-corrected chi connectivity index (χ0v) is 18.8. The lowest BCUT2D eigenvalue weighted by molar-refractivity contribution is -0.131. The van der Waals surface area contributed by atoms with Crippen LogP contribution in [0.2, 0.25) is 0 Å². The SMILES string of the molecule is [2H]C([2H])([2H])Oc1nc(N[C@H]2CCN(C(=O)C([2H])([2H])[2H])C[C@H]2F)nn2cc(F)c(-c3cc(F)c4ncn(CC(F)F)c4c3)c12. The smallest absolute Gasteiger partial charge is 0.256 e. The predicted molar refractivity (Wildman–Crippen MR) is 123 cm³/mol. The minimum atomic E-state index is -3.11. The molecule has 4 heterocycles. The first kappa shape index (κ1) is 18.3. The molecule has 1 N–H and O–H groups in total. The van der Waals surface area contributed by atoms with Crippen LogP contribution >= 0.6 is 0 Å². The normalized spacial score (nSPS) is 21.3. The number of halogens is 5. The maximum atomic E-state index is 15.4. The van der Waals surface area contributed by atoms with E-state index < -0.39 is 80.6 Å². The van der Waals surface area contributed by atoms with E-state index >= 15 is 4.39 Å². The van der Waals surface area contributed by atoms with Crippen molar-refractivity contribution in [3.05, 3.63) is 36.3 Å². The highest BCUT2D eigenvalue weighted by atomic mass is 19.3. The first-order valence-electron chi connectivity index (χ1n) is 13.9. The number of methoxy groups -OCH3 is 1. The number of hydrogen-bond acceptors (Lipinski definition) is 6. The summed E-state index contributed by atoms with van der Waals surface area (Å²) in [6.45, 7) is -4.42. The van der Waals surface area contributed by atoms with E-state index in [1.165, 1.54) is 6.07 Å². The van der Waals surface area contributed by atoms with E-state index in [0.717, 1.165) is 32.6 Å². The van der Waals surface area contributed by atoms with Gasteiger partial charge in [0.05, 0.1) is 53.9 Å². The summed E-state index contributed by atoms with van der Waals surface area (Å²) in [5, 5.41) is 6.72. The number of nitrogens with zero attached hydrogens (tertiary/aromatic N) is 6. The maximum Gasteiger partial charge on any atom is 0.256 e. The van der Waals surface area contributed by atoms with Gasteiger partial charge in [-0.1, -0.05) is 0 Å². The molecule has 3 aromatic heterocycles. The summed E-state index contributed by atoms with van der Waals surface area (Å²) in [7, 11) is -3.11. The Morgan fingerprint density at radius 3 is 2.89 bits per heavy atom. The molecule has 0 saturated carbocycles. The number of rotatable bonds is 6. The summed E-state index contributed by atoms with van der Waals surface area (Å²) in [6, 6.07) is 1.03. The van der Waals surface area contributed by atoms with Crippen LogP contribution in [0, 0.1) is 11.6 Å². The van der Waals surface area contributed by atoms with Crippen molar-refractivity contribution in [2.75, 3.05) is 25.4 Å². The number of alkyl halides is 3. The van der Waals surface area contributed by atoms with E-state index in [-0.39, 0.29) is 35.1 Å². The number of hydrogen-bond donors (Lipinski definition) is 1. The van der Waals surface area contributed by atoms with E-state index in [2.05, 4.69) is 20.4 Å². The highest BCUT2D eigenvalue weighted by Crippen LogP contribution is 2.36. The van der Waals surface area contributed by atoms with Crippen molar-refractivity contribution in [2.45, 2.75) is 38.5 Å². The lowest BCUT2D eigenvalue weighted by atomic mass is 10.0. The Balaban J connectivity index is 1.54. The second kappa shape index (κ2) is 9.48. The number of ether oxygens (including phenoxy) is 1. The van der Waals surface area contributed by atoms with Crippen molar-refractivity contribution < 1.29 is 39.7 Å². The Morgan fingerprint density at radius 1 is 1.32 bits per heavy atom. The summed E-state index contributed by atoms with van der Waals surface area (Å²) >= 11 is 0. The lowest BCUT2D eigenvalue weighted by Crippen LogP contribution is -2.49. The van der Waals surface area contributed by atoms with Crippen molar-refractivity contribution in [3.8, 4) is 17.0 Å². The Labute approximate surface area is 215 Å². The van der Waals surface area contributed by atoms with Crippen molar-refractivity contribution in [2.24, 2.45) is 0 Å². The average molecular weight is 530 g/mol. The fourth-order valence-corrected chi connectivity index (χ4v) is 4.41. The first-order chi connectivity index (χ1) is 20.0. The Bertz CT molecular complexity index is 1690. The molecule has 1 fully saturated rings. The molecule has 37 heavy (non-hydrogen) atoms. The zero-order valence-electron chi connectivity index (χ0n) is 24.8. The van der Waals surface area contributed by atoms with E-state index in [1.54, 1.807) is 0 Å². The number of amides is 1. The molecule has 1 aliphatic heterocycles. The molecule has 1 amide bonds. The number of nitrogens with one attached hydrogen (secondary N) is 1. The van der Waals surface area contributed by atoms with Crippen LogP contribution in [0.15, 0.2) is 24.7 Å². The monoisotopic (exact) mass is 529 g/mol. The van der Waals surface area contributed by atoms with Gasteiger partial charge in [-0.2, -0.15) is 4.98 Å². The lowest BCUT2D eigenvalue weighted by Gasteiger charge is -2.34. The molecule has 1 saturated heterocycles. The van der Waals surface area contributed by atoms with Crippen LogP contribution in [0.5, 0.6) is 5.88 Å². The maximum absolute atomic E-state index is 15.4. The standard InChI is InChI=1S/C23H22F5N7O2/c1-11(36)33-4-3-16(14(25)7-33)30-23-31-22(37-2)21-19(15(26)8-35(21)32-23)12-5-13(24)20-17(6-12)34(10-29-20)9-18(27)28/h5-6,8,10,14,16,18H,3-4,7,9H2,1-2H3,(H,30,32)/t14-,16+/m1/s1/i1D3,2D3. The fourth-order valence-electron chi connectivity index (χ4n) is 4.41. The van der Waals surface area contributed by atoms with Crippen LogP contribution < -0.4 is 10.1 Å². The van der Waals surface area contributed by atoms with E-state index in [0.29, 0.717) is 0 Å². The van der Waals surface area contributed by atoms with Crippen LogP contribution in [-0.2, 0) is 11.3 Å². The summed E-state index contributed by atoms with van der Waals surface area (Å²) < 4.78 is 123. The highest BCUT2D eigenvalue weighted by molar-refractivity contribution is 5.90. The minimum absolute atomic E-state index is 0.0727. The van der Waals surface area contributed by atoms with Gasteiger partial charge in [0.1, 0.15) is 17.2 Å². The highest BCUT2D eigenvalue weighted by Gasteiger charge is 2.31. The second-order valence-electron chi connectivity index (χ2n) is 8.41.